The van der Waals surface area contributed by atoms with E-state index in [0.29, 0.717) is 16.8 Å². The zero-order chi connectivity index (χ0) is 22.0. The number of ether oxygens (including phenoxy) is 1. The van der Waals surface area contributed by atoms with Crippen molar-refractivity contribution in [2.45, 2.75) is 26.4 Å². The van der Waals surface area contributed by atoms with Crippen LogP contribution >= 0.6 is 0 Å². The lowest BCUT2D eigenvalue weighted by molar-refractivity contribution is -0.121. The Kier molecular flexibility index (Phi) is 6.15. The molecule has 0 bridgehead atoms. The summed E-state index contributed by atoms with van der Waals surface area (Å²) in [5.74, 6) is -1.45. The average molecular weight is 421 g/mol. The Bertz CT molecular complexity index is 946. The van der Waals surface area contributed by atoms with E-state index in [1.807, 2.05) is 38.1 Å². The molecule has 31 heavy (non-hydrogen) atoms. The molecular formula is C24H27N3O4. The second-order valence-corrected chi connectivity index (χ2v) is 8.29. The van der Waals surface area contributed by atoms with Gasteiger partial charge in [-0.2, -0.15) is 0 Å². The van der Waals surface area contributed by atoms with Gasteiger partial charge in [0.05, 0.1) is 24.3 Å². The fourth-order valence-electron chi connectivity index (χ4n) is 4.11. The van der Waals surface area contributed by atoms with Gasteiger partial charge in [0, 0.05) is 25.3 Å². The summed E-state index contributed by atoms with van der Waals surface area (Å²) in [6.07, 6.45) is 0. The van der Waals surface area contributed by atoms with Gasteiger partial charge in [-0.1, -0.05) is 38.1 Å². The first-order valence-electron chi connectivity index (χ1n) is 10.6. The summed E-state index contributed by atoms with van der Waals surface area (Å²) in [5.41, 5.74) is 2.48. The molecule has 1 fully saturated rings. The SMILES string of the molecule is CC(C)C(C(=O)Nc1ccc(CN2CCOCC2)cc1)N1C(=O)c2ccccc2C1=O. The number of benzene rings is 2. The van der Waals surface area contributed by atoms with Gasteiger partial charge < -0.3 is 10.1 Å². The van der Waals surface area contributed by atoms with Crippen molar-refractivity contribution >= 4 is 23.4 Å². The highest BCUT2D eigenvalue weighted by Gasteiger charge is 2.43. The van der Waals surface area contributed by atoms with Crippen molar-refractivity contribution in [1.29, 1.82) is 0 Å². The van der Waals surface area contributed by atoms with Crippen LogP contribution in [0.2, 0.25) is 0 Å². The number of fused-ring (bicyclic) bond motifs is 1. The fraction of sp³-hybridized carbons (Fsp3) is 0.375. The smallest absolute Gasteiger partial charge is 0.262 e. The molecule has 1 N–H and O–H groups in total. The Balaban J connectivity index is 1.46. The number of hydrogen-bond donors (Lipinski definition) is 1. The Labute approximate surface area is 182 Å². The van der Waals surface area contributed by atoms with Crippen LogP contribution in [0.3, 0.4) is 0 Å². The third-order valence-electron chi connectivity index (χ3n) is 5.74. The molecule has 1 atom stereocenters. The number of nitrogens with one attached hydrogen (secondary N) is 1. The lowest BCUT2D eigenvalue weighted by Crippen LogP contribution is -2.50. The van der Waals surface area contributed by atoms with Gasteiger partial charge in [-0.3, -0.25) is 24.2 Å². The highest BCUT2D eigenvalue weighted by atomic mass is 16.5. The molecule has 0 aromatic heterocycles. The van der Waals surface area contributed by atoms with Gasteiger partial charge in [-0.15, -0.1) is 0 Å². The molecule has 2 aromatic carbocycles. The molecule has 0 spiro atoms. The van der Waals surface area contributed by atoms with Crippen LogP contribution in [0.1, 0.15) is 40.1 Å². The first kappa shape index (κ1) is 21.2. The lowest BCUT2D eigenvalue weighted by Gasteiger charge is -2.28. The molecule has 1 unspecified atom stereocenters. The number of anilines is 1. The predicted molar refractivity (Wildman–Crippen MR) is 117 cm³/mol. The van der Waals surface area contributed by atoms with E-state index in [0.717, 1.165) is 43.3 Å². The number of carbonyl (C=O) groups excluding carboxylic acids is 3. The average Bonchev–Trinajstić information content (AvgIpc) is 3.01. The van der Waals surface area contributed by atoms with Crippen molar-refractivity contribution in [3.8, 4) is 0 Å². The third kappa shape index (κ3) is 4.38. The molecule has 0 saturated carbocycles. The van der Waals surface area contributed by atoms with Gasteiger partial charge in [0.25, 0.3) is 11.8 Å². The maximum atomic E-state index is 13.1. The monoisotopic (exact) mass is 421 g/mol. The highest BCUT2D eigenvalue weighted by molar-refractivity contribution is 6.23. The summed E-state index contributed by atoms with van der Waals surface area (Å²) >= 11 is 0. The number of nitrogens with zero attached hydrogens (tertiary/aromatic N) is 2. The topological polar surface area (TPSA) is 79.0 Å². The van der Waals surface area contributed by atoms with E-state index in [-0.39, 0.29) is 11.8 Å². The van der Waals surface area contributed by atoms with Crippen LogP contribution in [0.25, 0.3) is 0 Å². The molecule has 2 heterocycles. The first-order chi connectivity index (χ1) is 15.0. The minimum Gasteiger partial charge on any atom is -0.379 e. The van der Waals surface area contributed by atoms with Crippen molar-refractivity contribution in [2.24, 2.45) is 5.92 Å². The summed E-state index contributed by atoms with van der Waals surface area (Å²) in [7, 11) is 0. The van der Waals surface area contributed by atoms with Gasteiger partial charge in [-0.25, -0.2) is 0 Å². The van der Waals surface area contributed by atoms with Gasteiger partial charge in [0.15, 0.2) is 0 Å². The largest absolute Gasteiger partial charge is 0.379 e. The predicted octanol–water partition coefficient (Wildman–Crippen LogP) is 2.78. The molecular weight excluding hydrogens is 394 g/mol. The molecule has 2 aliphatic rings. The van der Waals surface area contributed by atoms with Crippen LogP contribution in [0.5, 0.6) is 0 Å². The molecule has 0 radical (unpaired) electrons. The van der Waals surface area contributed by atoms with E-state index in [1.54, 1.807) is 24.3 Å². The van der Waals surface area contributed by atoms with Crippen molar-refractivity contribution in [3.63, 3.8) is 0 Å². The molecule has 1 saturated heterocycles. The highest BCUT2D eigenvalue weighted by Crippen LogP contribution is 2.28. The third-order valence-corrected chi connectivity index (χ3v) is 5.74. The van der Waals surface area contributed by atoms with Crippen molar-refractivity contribution in [1.82, 2.24) is 9.80 Å². The van der Waals surface area contributed by atoms with E-state index < -0.39 is 17.9 Å². The number of hydrogen-bond acceptors (Lipinski definition) is 5. The van der Waals surface area contributed by atoms with Gasteiger partial charge >= 0.3 is 0 Å². The number of carbonyl (C=O) groups is 3. The van der Waals surface area contributed by atoms with Crippen LogP contribution in [-0.2, 0) is 16.1 Å². The Morgan fingerprint density at radius 2 is 1.55 bits per heavy atom. The molecule has 162 valence electrons. The maximum Gasteiger partial charge on any atom is 0.262 e. The zero-order valence-corrected chi connectivity index (χ0v) is 17.8. The molecule has 3 amide bonds. The number of amides is 3. The lowest BCUT2D eigenvalue weighted by atomic mass is 10.0. The summed E-state index contributed by atoms with van der Waals surface area (Å²) in [6, 6.07) is 13.5. The van der Waals surface area contributed by atoms with E-state index in [2.05, 4.69) is 10.2 Å². The maximum absolute atomic E-state index is 13.1. The Morgan fingerprint density at radius 1 is 0.968 bits per heavy atom. The second kappa shape index (κ2) is 8.99. The quantitative estimate of drug-likeness (QED) is 0.726. The number of imide groups is 1. The van der Waals surface area contributed by atoms with Gasteiger partial charge in [-0.05, 0) is 35.7 Å². The standard InChI is InChI=1S/C24H27N3O4/c1-16(2)21(27-23(29)19-5-3-4-6-20(19)24(27)30)22(28)25-18-9-7-17(8-10-18)15-26-11-13-31-14-12-26/h3-10,16,21H,11-15H2,1-2H3,(H,25,28). The summed E-state index contributed by atoms with van der Waals surface area (Å²) in [4.78, 5) is 42.2. The van der Waals surface area contributed by atoms with Crippen molar-refractivity contribution < 1.29 is 19.1 Å². The van der Waals surface area contributed by atoms with Gasteiger partial charge in [0.1, 0.15) is 6.04 Å². The van der Waals surface area contributed by atoms with E-state index in [1.165, 1.54) is 0 Å². The van der Waals surface area contributed by atoms with Crippen LogP contribution in [0.15, 0.2) is 48.5 Å². The molecule has 4 rings (SSSR count). The number of morpholine rings is 1. The number of rotatable bonds is 6. The normalized spacial score (nSPS) is 17.7. The summed E-state index contributed by atoms with van der Waals surface area (Å²) < 4.78 is 5.38. The fourth-order valence-corrected chi connectivity index (χ4v) is 4.11. The van der Waals surface area contributed by atoms with Crippen LogP contribution in [0.4, 0.5) is 5.69 Å². The van der Waals surface area contributed by atoms with Crippen molar-refractivity contribution in [2.75, 3.05) is 31.6 Å². The second-order valence-electron chi connectivity index (χ2n) is 8.29. The molecule has 2 aromatic rings. The molecule has 7 heteroatoms. The zero-order valence-electron chi connectivity index (χ0n) is 17.8. The first-order valence-corrected chi connectivity index (χ1v) is 10.6. The Morgan fingerprint density at radius 3 is 2.10 bits per heavy atom. The van der Waals surface area contributed by atoms with E-state index in [4.69, 9.17) is 4.74 Å². The van der Waals surface area contributed by atoms with Crippen LogP contribution in [0, 0.1) is 5.92 Å². The minimum absolute atomic E-state index is 0.234. The minimum atomic E-state index is -0.888. The summed E-state index contributed by atoms with van der Waals surface area (Å²) in [5, 5.41) is 2.88. The molecule has 7 nitrogen and oxygen atoms in total. The molecule has 0 aliphatic carbocycles. The molecule has 2 aliphatic heterocycles. The van der Waals surface area contributed by atoms with E-state index >= 15 is 0 Å². The van der Waals surface area contributed by atoms with Crippen molar-refractivity contribution in [3.05, 3.63) is 65.2 Å². The van der Waals surface area contributed by atoms with Gasteiger partial charge in [0.2, 0.25) is 5.91 Å². The summed E-state index contributed by atoms with van der Waals surface area (Å²) in [6.45, 7) is 7.83. The Hall–Kier alpha value is -3.03. The van der Waals surface area contributed by atoms with Crippen LogP contribution < -0.4 is 5.32 Å². The van der Waals surface area contributed by atoms with E-state index in [9.17, 15) is 14.4 Å². The van der Waals surface area contributed by atoms with Crippen LogP contribution in [-0.4, -0.2) is 59.9 Å².